The van der Waals surface area contributed by atoms with Gasteiger partial charge < -0.3 is 5.32 Å². The van der Waals surface area contributed by atoms with Crippen LogP contribution >= 0.6 is 11.6 Å². The number of hydrogen-bond acceptors (Lipinski definition) is 1. The zero-order chi connectivity index (χ0) is 20.7. The minimum absolute atomic E-state index is 0.0123. The number of benzene rings is 3. The molecule has 0 heterocycles. The number of hydrogen-bond donors (Lipinski definition) is 1. The van der Waals surface area contributed by atoms with Crippen LogP contribution in [0.15, 0.2) is 60.7 Å². The van der Waals surface area contributed by atoms with Crippen LogP contribution in [0, 0.1) is 17.7 Å². The van der Waals surface area contributed by atoms with Crippen molar-refractivity contribution in [1.82, 2.24) is 5.32 Å². The average Bonchev–Trinajstić information content (AvgIpc) is 2.76. The number of halogens is 2. The summed E-state index contributed by atoms with van der Waals surface area (Å²) in [6, 6.07) is 18.7. The lowest BCUT2D eigenvalue weighted by atomic mass is 9.63. The number of fused-ring (bicyclic) bond motifs is 3. The summed E-state index contributed by atoms with van der Waals surface area (Å²) < 4.78 is 13.9. The van der Waals surface area contributed by atoms with Crippen molar-refractivity contribution in [1.29, 1.82) is 0 Å². The van der Waals surface area contributed by atoms with Crippen LogP contribution in [0.3, 0.4) is 0 Å². The minimum atomic E-state index is -0.169. The van der Waals surface area contributed by atoms with Crippen molar-refractivity contribution in [2.75, 3.05) is 0 Å². The van der Waals surface area contributed by atoms with Gasteiger partial charge in [-0.25, -0.2) is 4.39 Å². The van der Waals surface area contributed by atoms with Crippen molar-refractivity contribution in [3.63, 3.8) is 0 Å². The van der Waals surface area contributed by atoms with Crippen LogP contribution in [-0.2, 0) is 0 Å². The van der Waals surface area contributed by atoms with Crippen molar-refractivity contribution >= 4 is 28.3 Å². The molecule has 0 spiro atoms. The number of rotatable bonds is 3. The highest BCUT2D eigenvalue weighted by Crippen LogP contribution is 2.49. The third-order valence-corrected chi connectivity index (χ3v) is 7.39. The van der Waals surface area contributed by atoms with E-state index in [-0.39, 0.29) is 17.8 Å². The number of amides is 1. The molecule has 0 unspecified atom stereocenters. The first-order valence-electron chi connectivity index (χ1n) is 10.8. The van der Waals surface area contributed by atoms with Crippen molar-refractivity contribution in [3.8, 4) is 0 Å². The molecule has 1 amide bonds. The molecule has 5 rings (SSSR count). The molecule has 2 aliphatic rings. The summed E-state index contributed by atoms with van der Waals surface area (Å²) >= 11 is 5.93. The maximum Gasteiger partial charge on any atom is 0.251 e. The highest BCUT2D eigenvalue weighted by atomic mass is 35.5. The molecule has 3 aromatic carbocycles. The van der Waals surface area contributed by atoms with Crippen molar-refractivity contribution in [3.05, 3.63) is 82.6 Å². The van der Waals surface area contributed by atoms with E-state index in [2.05, 4.69) is 23.5 Å². The predicted octanol–water partition coefficient (Wildman–Crippen LogP) is 6.72. The molecule has 0 radical (unpaired) electrons. The van der Waals surface area contributed by atoms with Crippen LogP contribution in [0.4, 0.5) is 4.39 Å². The molecule has 0 aromatic heterocycles. The largest absolute Gasteiger partial charge is 0.349 e. The Labute approximate surface area is 181 Å². The highest BCUT2D eigenvalue weighted by molar-refractivity contribution is 6.30. The topological polar surface area (TPSA) is 29.1 Å². The van der Waals surface area contributed by atoms with Gasteiger partial charge in [-0.15, -0.1) is 0 Å². The monoisotopic (exact) mass is 421 g/mol. The summed E-state index contributed by atoms with van der Waals surface area (Å²) in [5.74, 6) is 1.41. The molecule has 0 aliphatic heterocycles. The molecule has 2 nitrogen and oxygen atoms in total. The molecule has 2 bridgehead atoms. The van der Waals surface area contributed by atoms with Gasteiger partial charge in [0.1, 0.15) is 5.82 Å². The maximum atomic E-state index is 13.9. The normalized spacial score (nSPS) is 25.8. The second kappa shape index (κ2) is 8.03. The van der Waals surface area contributed by atoms with E-state index >= 15 is 0 Å². The summed E-state index contributed by atoms with van der Waals surface area (Å²) in [7, 11) is 0. The molecular formula is C26H25ClFNO. The van der Waals surface area contributed by atoms with Gasteiger partial charge in [-0.05, 0) is 103 Å². The van der Waals surface area contributed by atoms with E-state index in [9.17, 15) is 9.18 Å². The standard InChI is InChI=1S/C26H25ClFNO/c27-20-9-4-17(5-10-20)26(30)29-25-13-8-18-14-19(25)7-12-22(18)23-3-1-2-16-6-11-21(28)15-24(16)23/h1-6,9-11,15,18-19,22,25H,7-8,12-14H2,(H,29,30)/t18-,19-,22+,25-/m0/s1. The first kappa shape index (κ1) is 19.6. The lowest BCUT2D eigenvalue weighted by molar-refractivity contribution is 0.0825. The van der Waals surface area contributed by atoms with Crippen LogP contribution in [0.1, 0.15) is 53.9 Å². The Balaban J connectivity index is 1.31. The molecule has 0 saturated heterocycles. The Hall–Kier alpha value is -2.39. The van der Waals surface area contributed by atoms with E-state index in [1.807, 2.05) is 6.07 Å². The third kappa shape index (κ3) is 3.72. The highest BCUT2D eigenvalue weighted by Gasteiger charge is 2.40. The predicted molar refractivity (Wildman–Crippen MR) is 119 cm³/mol. The molecule has 3 aromatic rings. The van der Waals surface area contributed by atoms with Gasteiger partial charge in [0.05, 0.1) is 0 Å². The molecule has 30 heavy (non-hydrogen) atoms. The van der Waals surface area contributed by atoms with Crippen molar-refractivity contribution in [2.24, 2.45) is 11.8 Å². The summed E-state index contributed by atoms with van der Waals surface area (Å²) in [6.07, 6.45) is 5.42. The Morgan fingerprint density at radius 1 is 0.933 bits per heavy atom. The molecule has 2 fully saturated rings. The lowest BCUT2D eigenvalue weighted by Crippen LogP contribution is -2.46. The Kier molecular flexibility index (Phi) is 5.24. The van der Waals surface area contributed by atoms with Crippen molar-refractivity contribution in [2.45, 2.75) is 44.1 Å². The van der Waals surface area contributed by atoms with Gasteiger partial charge in [0.15, 0.2) is 0 Å². The minimum Gasteiger partial charge on any atom is -0.349 e. The van der Waals surface area contributed by atoms with Crippen LogP contribution in [0.25, 0.3) is 10.8 Å². The number of carbonyl (C=O) groups is 1. The summed E-state index contributed by atoms with van der Waals surface area (Å²) in [6.45, 7) is 0. The summed E-state index contributed by atoms with van der Waals surface area (Å²) in [5.41, 5.74) is 1.95. The van der Waals surface area contributed by atoms with Gasteiger partial charge in [0.2, 0.25) is 0 Å². The van der Waals surface area contributed by atoms with Gasteiger partial charge in [0.25, 0.3) is 5.91 Å². The first-order valence-corrected chi connectivity index (χ1v) is 11.2. The molecule has 4 heteroatoms. The Bertz CT molecular complexity index is 1080. The van der Waals surface area contributed by atoms with Gasteiger partial charge in [-0.2, -0.15) is 0 Å². The fraction of sp³-hybridized carbons (Fsp3) is 0.346. The summed E-state index contributed by atoms with van der Waals surface area (Å²) in [5, 5.41) is 6.07. The van der Waals surface area contributed by atoms with Gasteiger partial charge in [0, 0.05) is 16.6 Å². The van der Waals surface area contributed by atoms with E-state index in [4.69, 9.17) is 11.6 Å². The third-order valence-electron chi connectivity index (χ3n) is 7.14. The quantitative estimate of drug-likeness (QED) is 0.499. The fourth-order valence-corrected chi connectivity index (χ4v) is 5.78. The second-order valence-corrected chi connectivity index (χ2v) is 9.25. The Morgan fingerprint density at radius 2 is 1.73 bits per heavy atom. The van der Waals surface area contributed by atoms with Crippen LogP contribution < -0.4 is 5.32 Å². The zero-order valence-electron chi connectivity index (χ0n) is 16.8. The molecule has 2 aliphatic carbocycles. The average molecular weight is 422 g/mol. The molecular weight excluding hydrogens is 397 g/mol. The molecule has 1 N–H and O–H groups in total. The van der Waals surface area contributed by atoms with Gasteiger partial charge in [-0.1, -0.05) is 35.9 Å². The van der Waals surface area contributed by atoms with E-state index in [1.165, 1.54) is 11.6 Å². The number of carbonyl (C=O) groups excluding carboxylic acids is 1. The fourth-order valence-electron chi connectivity index (χ4n) is 5.66. The van der Waals surface area contributed by atoms with Crippen LogP contribution in [-0.4, -0.2) is 11.9 Å². The van der Waals surface area contributed by atoms with E-state index < -0.39 is 0 Å². The van der Waals surface area contributed by atoms with Gasteiger partial charge >= 0.3 is 0 Å². The first-order chi connectivity index (χ1) is 14.6. The SMILES string of the molecule is O=C(N[C@H]1CC[C@H]2C[C@@H]1CC[C@H]2c1cccc2ccc(F)cc12)c1ccc(Cl)cc1. The van der Waals surface area contributed by atoms with Crippen LogP contribution in [0.5, 0.6) is 0 Å². The van der Waals surface area contributed by atoms with E-state index in [1.54, 1.807) is 30.3 Å². The second-order valence-electron chi connectivity index (χ2n) is 8.82. The van der Waals surface area contributed by atoms with Gasteiger partial charge in [-0.3, -0.25) is 4.79 Å². The van der Waals surface area contributed by atoms with Crippen molar-refractivity contribution < 1.29 is 9.18 Å². The summed E-state index contributed by atoms with van der Waals surface area (Å²) in [4.78, 5) is 12.7. The molecule has 154 valence electrons. The smallest absolute Gasteiger partial charge is 0.251 e. The van der Waals surface area contributed by atoms with Crippen LogP contribution in [0.2, 0.25) is 5.02 Å². The Morgan fingerprint density at radius 3 is 2.57 bits per heavy atom. The zero-order valence-corrected chi connectivity index (χ0v) is 17.5. The van der Waals surface area contributed by atoms with E-state index in [0.29, 0.717) is 28.3 Å². The number of nitrogens with one attached hydrogen (secondary N) is 1. The maximum absolute atomic E-state index is 13.9. The lowest BCUT2D eigenvalue weighted by Gasteiger charge is -2.45. The van der Waals surface area contributed by atoms with E-state index in [0.717, 1.165) is 42.9 Å². The molecule has 2 saturated carbocycles. The molecule has 4 atom stereocenters.